The molecule has 1 aromatic carbocycles. The molecule has 3 amide bonds. The number of carbonyl (C=O) groups excluding carboxylic acids is 3. The minimum Gasteiger partial charge on any atom is -0.456 e. The number of rotatable bonds is 5. The number of nitro benzene ring substituents is 1. The summed E-state index contributed by atoms with van der Waals surface area (Å²) in [5, 5.41) is 13.7. The summed E-state index contributed by atoms with van der Waals surface area (Å²) in [5.74, 6) is -1.13. The molecule has 0 unspecified atom stereocenters. The van der Waals surface area contributed by atoms with E-state index < -0.39 is 35.1 Å². The van der Waals surface area contributed by atoms with Crippen molar-refractivity contribution in [2.75, 3.05) is 6.54 Å². The molecule has 0 aromatic heterocycles. The molecular formula is C19H23N3O6. The average Bonchev–Trinajstić information content (AvgIpc) is 2.89. The van der Waals surface area contributed by atoms with E-state index in [0.29, 0.717) is 12.0 Å². The van der Waals surface area contributed by atoms with E-state index in [2.05, 4.69) is 5.32 Å². The van der Waals surface area contributed by atoms with Crippen molar-refractivity contribution in [2.24, 2.45) is 5.92 Å². The molecule has 1 heterocycles. The number of amides is 3. The monoisotopic (exact) mass is 389 g/mol. The lowest BCUT2D eigenvalue weighted by Gasteiger charge is -2.36. The molecule has 0 bridgehead atoms. The van der Waals surface area contributed by atoms with Gasteiger partial charge in [-0.1, -0.05) is 31.9 Å². The van der Waals surface area contributed by atoms with Gasteiger partial charge >= 0.3 is 12.0 Å². The van der Waals surface area contributed by atoms with Gasteiger partial charge in [-0.25, -0.2) is 4.79 Å². The fourth-order valence-corrected chi connectivity index (χ4v) is 3.96. The Bertz CT molecular complexity index is 826. The highest BCUT2D eigenvalue weighted by molar-refractivity contribution is 6.09. The van der Waals surface area contributed by atoms with Crippen LogP contribution >= 0.6 is 0 Å². The molecule has 1 spiro atoms. The van der Waals surface area contributed by atoms with Crippen molar-refractivity contribution in [1.82, 2.24) is 10.2 Å². The summed E-state index contributed by atoms with van der Waals surface area (Å²) >= 11 is 0. The summed E-state index contributed by atoms with van der Waals surface area (Å²) in [5.41, 5.74) is -0.582. The zero-order valence-corrected chi connectivity index (χ0v) is 15.8. The van der Waals surface area contributed by atoms with Crippen LogP contribution in [-0.2, 0) is 14.3 Å². The number of ether oxygens (including phenoxy) is 1. The number of benzene rings is 1. The number of urea groups is 1. The van der Waals surface area contributed by atoms with Crippen LogP contribution in [0.15, 0.2) is 24.3 Å². The number of hydrogen-bond acceptors (Lipinski definition) is 6. The van der Waals surface area contributed by atoms with Gasteiger partial charge in [0.05, 0.1) is 4.92 Å². The molecule has 150 valence electrons. The number of carbonyl (C=O) groups is 3. The molecule has 3 atom stereocenters. The predicted octanol–water partition coefficient (Wildman–Crippen LogP) is 2.70. The molecule has 2 aliphatic rings. The Morgan fingerprint density at radius 2 is 2.18 bits per heavy atom. The highest BCUT2D eigenvalue weighted by Crippen LogP contribution is 2.38. The normalized spacial score (nSPS) is 25.5. The molecule has 3 rings (SSSR count). The first-order valence-corrected chi connectivity index (χ1v) is 9.32. The highest BCUT2D eigenvalue weighted by atomic mass is 16.6. The van der Waals surface area contributed by atoms with Gasteiger partial charge in [0.25, 0.3) is 11.6 Å². The molecule has 9 nitrogen and oxygen atoms in total. The van der Waals surface area contributed by atoms with Crippen molar-refractivity contribution in [3.05, 3.63) is 39.9 Å². The Morgan fingerprint density at radius 3 is 2.86 bits per heavy atom. The average molecular weight is 389 g/mol. The maximum Gasteiger partial charge on any atom is 0.326 e. The first kappa shape index (κ1) is 19.8. The Kier molecular flexibility index (Phi) is 5.35. The Balaban J connectivity index is 1.66. The fourth-order valence-electron chi connectivity index (χ4n) is 3.96. The van der Waals surface area contributed by atoms with Crippen LogP contribution in [0, 0.1) is 16.0 Å². The molecule has 2 fully saturated rings. The standard InChI is InChI=1S/C19H23N3O6/c1-12-6-3-4-9-19(12)17(24)21(18(25)20-19)11-16(23)28-13(2)14-7-5-8-15(10-14)22(26)27/h5,7-8,10,12-13H,3-4,6,9,11H2,1-2H3,(H,20,25)/t12-,13-,19-/m0/s1. The van der Waals surface area contributed by atoms with E-state index in [1.165, 1.54) is 18.2 Å². The van der Waals surface area contributed by atoms with Gasteiger partial charge in [-0.15, -0.1) is 0 Å². The third-order valence-corrected chi connectivity index (χ3v) is 5.65. The van der Waals surface area contributed by atoms with Crippen LogP contribution in [0.5, 0.6) is 0 Å². The number of esters is 1. The molecule has 1 aromatic rings. The minimum absolute atomic E-state index is 0.00233. The van der Waals surface area contributed by atoms with Crippen molar-refractivity contribution < 1.29 is 24.0 Å². The molecule has 1 N–H and O–H groups in total. The number of nitrogens with one attached hydrogen (secondary N) is 1. The SMILES string of the molecule is C[C@H](OC(=O)CN1C(=O)N[C@]2(CCCC[C@@H]2C)C1=O)c1cccc([N+](=O)[O-])c1. The zero-order chi connectivity index (χ0) is 20.5. The topological polar surface area (TPSA) is 119 Å². The summed E-state index contributed by atoms with van der Waals surface area (Å²) in [6, 6.07) is 5.19. The number of non-ortho nitro benzene ring substituents is 1. The quantitative estimate of drug-likeness (QED) is 0.358. The molecule has 28 heavy (non-hydrogen) atoms. The Labute approximate surface area is 162 Å². The van der Waals surface area contributed by atoms with Gasteiger partial charge in [0, 0.05) is 12.1 Å². The van der Waals surface area contributed by atoms with Gasteiger partial charge < -0.3 is 10.1 Å². The summed E-state index contributed by atoms with van der Waals surface area (Å²) in [4.78, 5) is 48.8. The van der Waals surface area contributed by atoms with E-state index in [1.54, 1.807) is 13.0 Å². The van der Waals surface area contributed by atoms with Crippen LogP contribution in [0.4, 0.5) is 10.5 Å². The van der Waals surface area contributed by atoms with Gasteiger partial charge in [-0.2, -0.15) is 0 Å². The van der Waals surface area contributed by atoms with Gasteiger partial charge in [-0.05, 0) is 31.2 Å². The van der Waals surface area contributed by atoms with Gasteiger partial charge in [0.1, 0.15) is 18.2 Å². The van der Waals surface area contributed by atoms with Crippen molar-refractivity contribution in [2.45, 2.75) is 51.2 Å². The van der Waals surface area contributed by atoms with E-state index >= 15 is 0 Å². The van der Waals surface area contributed by atoms with E-state index in [9.17, 15) is 24.5 Å². The molecule has 1 aliphatic carbocycles. The van der Waals surface area contributed by atoms with Crippen LogP contribution in [0.3, 0.4) is 0 Å². The maximum absolute atomic E-state index is 12.9. The molecule has 1 aliphatic heterocycles. The van der Waals surface area contributed by atoms with Gasteiger partial charge in [-0.3, -0.25) is 24.6 Å². The summed E-state index contributed by atoms with van der Waals surface area (Å²) < 4.78 is 5.30. The third kappa shape index (κ3) is 3.56. The van der Waals surface area contributed by atoms with E-state index in [0.717, 1.165) is 24.2 Å². The van der Waals surface area contributed by atoms with Crippen molar-refractivity contribution in [1.29, 1.82) is 0 Å². The van der Waals surface area contributed by atoms with Crippen molar-refractivity contribution >= 4 is 23.6 Å². The van der Waals surface area contributed by atoms with Gasteiger partial charge in [0.2, 0.25) is 0 Å². The van der Waals surface area contributed by atoms with Gasteiger partial charge in [0.15, 0.2) is 0 Å². The van der Waals surface area contributed by atoms with E-state index in [4.69, 9.17) is 4.74 Å². The second-order valence-corrected chi connectivity index (χ2v) is 7.42. The lowest BCUT2D eigenvalue weighted by atomic mass is 9.73. The second-order valence-electron chi connectivity index (χ2n) is 7.42. The van der Waals surface area contributed by atoms with Crippen LogP contribution in [0.1, 0.15) is 51.2 Å². The molecule has 1 saturated heterocycles. The zero-order valence-electron chi connectivity index (χ0n) is 15.8. The molecule has 0 radical (unpaired) electrons. The fraction of sp³-hybridized carbons (Fsp3) is 0.526. The Morgan fingerprint density at radius 1 is 1.43 bits per heavy atom. The molecular weight excluding hydrogens is 366 g/mol. The third-order valence-electron chi connectivity index (χ3n) is 5.65. The van der Waals surface area contributed by atoms with Crippen LogP contribution in [0.2, 0.25) is 0 Å². The van der Waals surface area contributed by atoms with E-state index in [1.807, 2.05) is 6.92 Å². The summed E-state index contributed by atoms with van der Waals surface area (Å²) in [7, 11) is 0. The van der Waals surface area contributed by atoms with Crippen molar-refractivity contribution in [3.8, 4) is 0 Å². The van der Waals surface area contributed by atoms with Crippen molar-refractivity contribution in [3.63, 3.8) is 0 Å². The lowest BCUT2D eigenvalue weighted by molar-refractivity contribution is -0.385. The lowest BCUT2D eigenvalue weighted by Crippen LogP contribution is -2.54. The number of nitrogens with zero attached hydrogens (tertiary/aromatic N) is 2. The predicted molar refractivity (Wildman–Crippen MR) is 98.2 cm³/mol. The summed E-state index contributed by atoms with van der Waals surface area (Å²) in [6.45, 7) is 3.02. The second kappa shape index (κ2) is 7.57. The first-order valence-electron chi connectivity index (χ1n) is 9.32. The number of nitro groups is 1. The van der Waals surface area contributed by atoms with Crippen LogP contribution < -0.4 is 5.32 Å². The molecule has 1 saturated carbocycles. The molecule has 9 heteroatoms. The van der Waals surface area contributed by atoms with E-state index in [-0.39, 0.29) is 17.5 Å². The largest absolute Gasteiger partial charge is 0.456 e. The maximum atomic E-state index is 12.9. The number of imide groups is 1. The highest BCUT2D eigenvalue weighted by Gasteiger charge is 2.55. The first-order chi connectivity index (χ1) is 13.2. The minimum atomic E-state index is -0.929. The number of hydrogen-bond donors (Lipinski definition) is 1. The van der Waals surface area contributed by atoms with Crippen LogP contribution in [-0.4, -0.2) is 39.8 Å². The smallest absolute Gasteiger partial charge is 0.326 e. The van der Waals surface area contributed by atoms with Crippen LogP contribution in [0.25, 0.3) is 0 Å². The Hall–Kier alpha value is -2.97. The summed E-state index contributed by atoms with van der Waals surface area (Å²) in [6.07, 6.45) is 2.51.